The number of carbonyl (C=O) groups is 1. The number of halogens is 1. The van der Waals surface area contributed by atoms with Crippen molar-refractivity contribution in [1.82, 2.24) is 0 Å². The first-order valence-electron chi connectivity index (χ1n) is 6.21. The van der Waals surface area contributed by atoms with Gasteiger partial charge in [0.25, 0.3) is 5.91 Å². The van der Waals surface area contributed by atoms with E-state index < -0.39 is 11.7 Å². The smallest absolute Gasteiger partial charge is 0.262 e. The van der Waals surface area contributed by atoms with Gasteiger partial charge in [0.2, 0.25) is 0 Å². The summed E-state index contributed by atoms with van der Waals surface area (Å²) in [6, 6.07) is 11.2. The molecule has 1 amide bonds. The van der Waals surface area contributed by atoms with Crippen molar-refractivity contribution in [1.29, 1.82) is 0 Å². The summed E-state index contributed by atoms with van der Waals surface area (Å²) in [4.78, 5) is 12.8. The van der Waals surface area contributed by atoms with Gasteiger partial charge in [0.1, 0.15) is 11.6 Å². The molecule has 6 heteroatoms. The lowest BCUT2D eigenvalue weighted by atomic mass is 10.2. The maximum atomic E-state index is 13.1. The van der Waals surface area contributed by atoms with Gasteiger partial charge in [0.15, 0.2) is 6.61 Å². The zero-order valence-electron chi connectivity index (χ0n) is 11.4. The number of hydrogen-bond donors (Lipinski definition) is 2. The number of benzene rings is 2. The number of amides is 1. The molecule has 4 nitrogen and oxygen atoms in total. The van der Waals surface area contributed by atoms with Crippen LogP contribution in [0.4, 0.5) is 15.8 Å². The lowest BCUT2D eigenvalue weighted by Gasteiger charge is -2.11. The molecule has 0 aliphatic carbocycles. The number of ether oxygens (including phenoxy) is 1. The number of nitrogen functional groups attached to an aromatic ring is 1. The molecule has 0 radical (unpaired) electrons. The number of nitrogens with one attached hydrogen (secondary N) is 1. The highest BCUT2D eigenvalue weighted by molar-refractivity contribution is 7.98. The fourth-order valence-corrected chi connectivity index (χ4v) is 2.25. The van der Waals surface area contributed by atoms with Gasteiger partial charge >= 0.3 is 0 Å². The molecule has 2 aromatic rings. The van der Waals surface area contributed by atoms with E-state index in [1.165, 1.54) is 30.0 Å². The maximum absolute atomic E-state index is 13.1. The van der Waals surface area contributed by atoms with Gasteiger partial charge in [-0.3, -0.25) is 4.79 Å². The zero-order valence-corrected chi connectivity index (χ0v) is 12.2. The minimum absolute atomic E-state index is 0.173. The van der Waals surface area contributed by atoms with Crippen molar-refractivity contribution in [2.45, 2.75) is 4.90 Å². The third-order valence-electron chi connectivity index (χ3n) is 2.72. The van der Waals surface area contributed by atoms with Gasteiger partial charge in [-0.05, 0) is 36.6 Å². The summed E-state index contributed by atoms with van der Waals surface area (Å²) in [5, 5.41) is 2.52. The Labute approximate surface area is 126 Å². The van der Waals surface area contributed by atoms with Crippen LogP contribution in [-0.4, -0.2) is 18.8 Å². The number of carbonyl (C=O) groups excluding carboxylic acids is 1. The van der Waals surface area contributed by atoms with E-state index in [4.69, 9.17) is 10.5 Å². The molecule has 0 saturated heterocycles. The number of rotatable bonds is 5. The molecule has 0 aliphatic heterocycles. The van der Waals surface area contributed by atoms with Gasteiger partial charge in [0, 0.05) is 4.90 Å². The highest BCUT2D eigenvalue weighted by Crippen LogP contribution is 2.27. The topological polar surface area (TPSA) is 64.3 Å². The SMILES string of the molecule is CSc1ccccc1OCC(=O)Nc1cc(F)ccc1N. The van der Waals surface area contributed by atoms with E-state index >= 15 is 0 Å². The summed E-state index contributed by atoms with van der Waals surface area (Å²) in [6.45, 7) is -0.173. The first-order valence-corrected chi connectivity index (χ1v) is 7.43. The van der Waals surface area contributed by atoms with Crippen molar-refractivity contribution in [2.75, 3.05) is 23.9 Å². The predicted molar refractivity (Wildman–Crippen MR) is 83.2 cm³/mol. The second kappa shape index (κ2) is 6.99. The number of nitrogens with two attached hydrogens (primary N) is 1. The van der Waals surface area contributed by atoms with Crippen molar-refractivity contribution >= 4 is 29.0 Å². The van der Waals surface area contributed by atoms with E-state index in [9.17, 15) is 9.18 Å². The summed E-state index contributed by atoms with van der Waals surface area (Å²) < 4.78 is 18.6. The third-order valence-corrected chi connectivity index (χ3v) is 3.49. The van der Waals surface area contributed by atoms with E-state index in [0.717, 1.165) is 4.90 Å². The van der Waals surface area contributed by atoms with Crippen molar-refractivity contribution in [2.24, 2.45) is 0 Å². The first kappa shape index (κ1) is 15.2. The van der Waals surface area contributed by atoms with E-state index in [0.29, 0.717) is 11.4 Å². The molecule has 3 N–H and O–H groups in total. The Morgan fingerprint density at radius 1 is 1.33 bits per heavy atom. The number of thioether (sulfide) groups is 1. The van der Waals surface area contributed by atoms with Crippen molar-refractivity contribution in [3.05, 3.63) is 48.3 Å². The molecule has 0 heterocycles. The van der Waals surface area contributed by atoms with Crippen molar-refractivity contribution in [3.63, 3.8) is 0 Å². The zero-order chi connectivity index (χ0) is 15.2. The van der Waals surface area contributed by atoms with E-state index in [2.05, 4.69) is 5.32 Å². The molecule has 0 atom stereocenters. The Bertz CT molecular complexity index is 649. The molecule has 0 unspecified atom stereocenters. The van der Waals surface area contributed by atoms with Crippen molar-refractivity contribution in [3.8, 4) is 5.75 Å². The summed E-state index contributed by atoms with van der Waals surface area (Å²) in [6.07, 6.45) is 1.93. The van der Waals surface area contributed by atoms with Gasteiger partial charge in [-0.2, -0.15) is 0 Å². The average Bonchev–Trinajstić information content (AvgIpc) is 2.49. The van der Waals surface area contributed by atoms with Crippen LogP contribution in [0.5, 0.6) is 5.75 Å². The van der Waals surface area contributed by atoms with Crippen molar-refractivity contribution < 1.29 is 13.9 Å². The van der Waals surface area contributed by atoms with Crippen LogP contribution in [-0.2, 0) is 4.79 Å². The van der Waals surface area contributed by atoms with Crippen LogP contribution in [0.3, 0.4) is 0 Å². The Morgan fingerprint density at radius 3 is 2.86 bits per heavy atom. The molecule has 0 aliphatic rings. The van der Waals surface area contributed by atoms with Gasteiger partial charge < -0.3 is 15.8 Å². The minimum Gasteiger partial charge on any atom is -0.483 e. The van der Waals surface area contributed by atoms with Crippen LogP contribution in [0.25, 0.3) is 0 Å². The van der Waals surface area contributed by atoms with Crippen LogP contribution in [0.15, 0.2) is 47.4 Å². The van der Waals surface area contributed by atoms with Gasteiger partial charge in [-0.25, -0.2) is 4.39 Å². The lowest BCUT2D eigenvalue weighted by Crippen LogP contribution is -2.21. The third kappa shape index (κ3) is 4.13. The summed E-state index contributed by atoms with van der Waals surface area (Å²) in [7, 11) is 0. The van der Waals surface area contributed by atoms with Crippen LogP contribution in [0.1, 0.15) is 0 Å². The van der Waals surface area contributed by atoms with E-state index in [-0.39, 0.29) is 12.3 Å². The molecule has 0 bridgehead atoms. The second-order valence-corrected chi connectivity index (χ2v) is 5.07. The Morgan fingerprint density at radius 2 is 2.10 bits per heavy atom. The largest absolute Gasteiger partial charge is 0.483 e. The summed E-state index contributed by atoms with van der Waals surface area (Å²) in [5.41, 5.74) is 6.20. The normalized spacial score (nSPS) is 10.2. The predicted octanol–water partition coefficient (Wildman–Crippen LogP) is 3.15. The van der Waals surface area contributed by atoms with Gasteiger partial charge in [-0.15, -0.1) is 11.8 Å². The fraction of sp³-hybridized carbons (Fsp3) is 0.133. The Balaban J connectivity index is 1.97. The molecule has 21 heavy (non-hydrogen) atoms. The van der Waals surface area contributed by atoms with Crippen LogP contribution >= 0.6 is 11.8 Å². The molecular formula is C15H15FN2O2S. The number of anilines is 2. The van der Waals surface area contributed by atoms with Crippen LogP contribution in [0.2, 0.25) is 0 Å². The summed E-state index contributed by atoms with van der Waals surface area (Å²) in [5.74, 6) is -0.233. The number of hydrogen-bond acceptors (Lipinski definition) is 4. The highest BCUT2D eigenvalue weighted by Gasteiger charge is 2.09. The molecule has 110 valence electrons. The highest BCUT2D eigenvalue weighted by atomic mass is 32.2. The fourth-order valence-electron chi connectivity index (χ4n) is 1.70. The molecular weight excluding hydrogens is 291 g/mol. The Kier molecular flexibility index (Phi) is 5.05. The molecule has 0 saturated carbocycles. The Hall–Kier alpha value is -2.21. The first-order chi connectivity index (χ1) is 10.1. The maximum Gasteiger partial charge on any atom is 0.262 e. The molecule has 2 rings (SSSR count). The van der Waals surface area contributed by atoms with Crippen LogP contribution < -0.4 is 15.8 Å². The molecule has 2 aromatic carbocycles. The standard InChI is InChI=1S/C15H15FN2O2S/c1-21-14-5-3-2-4-13(14)20-9-15(19)18-12-8-10(16)6-7-11(12)17/h2-8H,9,17H2,1H3,(H,18,19). The minimum atomic E-state index is -0.465. The van der Waals surface area contributed by atoms with Gasteiger partial charge in [0.05, 0.1) is 11.4 Å². The molecule has 0 fully saturated rings. The second-order valence-electron chi connectivity index (χ2n) is 4.22. The monoisotopic (exact) mass is 306 g/mol. The van der Waals surface area contributed by atoms with E-state index in [1.807, 2.05) is 24.5 Å². The van der Waals surface area contributed by atoms with Crippen LogP contribution in [0, 0.1) is 5.82 Å². The summed E-state index contributed by atoms with van der Waals surface area (Å²) >= 11 is 1.53. The quantitative estimate of drug-likeness (QED) is 0.658. The van der Waals surface area contributed by atoms with Gasteiger partial charge in [-0.1, -0.05) is 12.1 Å². The number of para-hydroxylation sites is 1. The molecule has 0 aromatic heterocycles. The average molecular weight is 306 g/mol. The van der Waals surface area contributed by atoms with E-state index in [1.54, 1.807) is 6.07 Å². The molecule has 0 spiro atoms. The lowest BCUT2D eigenvalue weighted by molar-refractivity contribution is -0.118.